The maximum absolute atomic E-state index is 4.54. The van der Waals surface area contributed by atoms with Crippen molar-refractivity contribution in [3.63, 3.8) is 0 Å². The fourth-order valence-electron chi connectivity index (χ4n) is 4.07. The monoisotopic (exact) mass is 682 g/mol. The minimum atomic E-state index is 0. The first-order valence-electron chi connectivity index (χ1n) is 12.5. The Bertz CT molecular complexity index is 1620. The quantitative estimate of drug-likeness (QED) is 0.175. The summed E-state index contributed by atoms with van der Waals surface area (Å²) in [6.45, 7) is 4.04. The minimum Gasteiger partial charge on any atom is -0.304 e. The molecular weight excluding hydrogens is 655 g/mol. The van der Waals surface area contributed by atoms with E-state index in [1.807, 2.05) is 79.9 Å². The molecule has 0 bridgehead atoms. The van der Waals surface area contributed by atoms with E-state index in [9.17, 15) is 0 Å². The van der Waals surface area contributed by atoms with E-state index < -0.39 is 0 Å². The summed E-state index contributed by atoms with van der Waals surface area (Å²) in [5, 5.41) is 0. The van der Waals surface area contributed by atoms with Crippen LogP contribution in [-0.2, 0) is 20.1 Å². The number of aromatic nitrogens is 3. The molecule has 4 aromatic carbocycles. The van der Waals surface area contributed by atoms with E-state index in [4.69, 9.17) is 0 Å². The van der Waals surface area contributed by atoms with Gasteiger partial charge >= 0.3 is 0 Å². The molecule has 2 aromatic heterocycles. The van der Waals surface area contributed by atoms with Gasteiger partial charge in [-0.15, -0.1) is 70.8 Å². The van der Waals surface area contributed by atoms with Gasteiger partial charge in [-0.1, -0.05) is 79.7 Å². The van der Waals surface area contributed by atoms with E-state index in [0.29, 0.717) is 0 Å². The van der Waals surface area contributed by atoms with E-state index in [1.165, 1.54) is 16.7 Å². The van der Waals surface area contributed by atoms with E-state index in [0.717, 1.165) is 39.5 Å². The first kappa shape index (κ1) is 27.8. The maximum atomic E-state index is 4.54. The molecule has 1 radical (unpaired) electrons. The van der Waals surface area contributed by atoms with Crippen molar-refractivity contribution in [1.29, 1.82) is 0 Å². The van der Waals surface area contributed by atoms with Crippen LogP contribution in [0.2, 0.25) is 0 Å². The number of pyridine rings is 1. The molecule has 0 aliphatic rings. The zero-order chi connectivity index (χ0) is 26.2. The number of nitrogens with zero attached hydrogens (tertiary/aromatic N) is 3. The summed E-state index contributed by atoms with van der Waals surface area (Å²) in [6.07, 6.45) is 3.70. The van der Waals surface area contributed by atoms with Crippen LogP contribution in [0, 0.1) is 26.0 Å². The number of hydrogen-bond donors (Lipinski definition) is 0. The fraction of sp³-hybridized carbons (Fsp3) is 0.0571. The van der Waals surface area contributed by atoms with Crippen molar-refractivity contribution in [2.45, 2.75) is 13.8 Å². The van der Waals surface area contributed by atoms with E-state index in [-0.39, 0.29) is 20.1 Å². The van der Waals surface area contributed by atoms with Gasteiger partial charge < -0.3 is 4.98 Å². The standard InChI is InChI=1S/C18H14N.C17H13N2.Ir/c1-14-6-5-9-16(12-14)18-11-10-17(13-19-18)15-7-3-2-4-8-15;1-13-10-11-18-17(19-13)16-9-5-8-15(12-16)14-6-3-2-4-7-14;/h2-8,10-13H,1H3;2-8,10-12H,1H3;/q2*-1;. The van der Waals surface area contributed by atoms with Gasteiger partial charge in [0.25, 0.3) is 0 Å². The van der Waals surface area contributed by atoms with Gasteiger partial charge in [0.2, 0.25) is 0 Å². The Balaban J connectivity index is 0.000000176. The third-order valence-corrected chi connectivity index (χ3v) is 6.05. The SMILES string of the molecule is Cc1cc[c-]c(-c2ccc(-c3ccccc3)cn2)c1.Cc1ccnc(-c2[c-]ccc(-c3ccccc3)c2)n1.[Ir]. The van der Waals surface area contributed by atoms with Crippen molar-refractivity contribution < 1.29 is 20.1 Å². The van der Waals surface area contributed by atoms with Crippen LogP contribution in [0.1, 0.15) is 11.3 Å². The molecule has 39 heavy (non-hydrogen) atoms. The van der Waals surface area contributed by atoms with Crippen molar-refractivity contribution in [3.8, 4) is 44.9 Å². The Morgan fingerprint density at radius 1 is 0.564 bits per heavy atom. The second-order valence-corrected chi connectivity index (χ2v) is 8.96. The van der Waals surface area contributed by atoms with Crippen LogP contribution in [0.5, 0.6) is 0 Å². The number of aryl methyl sites for hydroxylation is 2. The van der Waals surface area contributed by atoms with Gasteiger partial charge in [-0.05, 0) is 35.4 Å². The molecule has 0 spiro atoms. The molecule has 2 heterocycles. The normalized spacial score (nSPS) is 10.1. The average Bonchev–Trinajstić information content (AvgIpc) is 2.99. The summed E-state index contributed by atoms with van der Waals surface area (Å²) in [5.74, 6) is 0.720. The molecule has 0 aliphatic heterocycles. The Kier molecular flexibility index (Phi) is 9.63. The van der Waals surface area contributed by atoms with Crippen LogP contribution in [0.4, 0.5) is 0 Å². The first-order valence-corrected chi connectivity index (χ1v) is 12.5. The first-order chi connectivity index (χ1) is 18.7. The van der Waals surface area contributed by atoms with Gasteiger partial charge in [-0.3, -0.25) is 9.97 Å². The van der Waals surface area contributed by atoms with Crippen LogP contribution < -0.4 is 0 Å². The fourth-order valence-corrected chi connectivity index (χ4v) is 4.07. The second-order valence-electron chi connectivity index (χ2n) is 8.96. The third kappa shape index (κ3) is 7.42. The van der Waals surface area contributed by atoms with Gasteiger partial charge in [-0.25, -0.2) is 0 Å². The van der Waals surface area contributed by atoms with Gasteiger partial charge in [-0.2, -0.15) is 0 Å². The van der Waals surface area contributed by atoms with Crippen LogP contribution >= 0.6 is 0 Å². The Morgan fingerprint density at radius 2 is 1.23 bits per heavy atom. The summed E-state index contributed by atoms with van der Waals surface area (Å²) in [7, 11) is 0. The molecule has 0 saturated carbocycles. The molecule has 193 valence electrons. The molecule has 0 unspecified atom stereocenters. The van der Waals surface area contributed by atoms with Crippen molar-refractivity contribution in [3.05, 3.63) is 151 Å². The van der Waals surface area contributed by atoms with Crippen molar-refractivity contribution in [1.82, 2.24) is 15.0 Å². The molecule has 4 heteroatoms. The molecule has 3 nitrogen and oxygen atoms in total. The maximum Gasteiger partial charge on any atom is 0.0751 e. The molecule has 0 atom stereocenters. The van der Waals surface area contributed by atoms with E-state index >= 15 is 0 Å². The molecule has 0 N–H and O–H groups in total. The average molecular weight is 682 g/mol. The molecule has 0 aliphatic carbocycles. The van der Waals surface area contributed by atoms with Gasteiger partial charge in [0.15, 0.2) is 0 Å². The summed E-state index contributed by atoms with van der Waals surface area (Å²) < 4.78 is 0. The van der Waals surface area contributed by atoms with Crippen LogP contribution in [0.15, 0.2) is 128 Å². The molecule has 6 aromatic rings. The second kappa shape index (κ2) is 13.5. The Hall–Kier alpha value is -4.24. The van der Waals surface area contributed by atoms with Gasteiger partial charge in [0.1, 0.15) is 0 Å². The number of rotatable bonds is 4. The van der Waals surface area contributed by atoms with Crippen LogP contribution in [-0.4, -0.2) is 15.0 Å². The molecule has 0 saturated heterocycles. The third-order valence-electron chi connectivity index (χ3n) is 6.05. The molecule has 0 fully saturated rings. The molecule has 0 amide bonds. The minimum absolute atomic E-state index is 0. The summed E-state index contributed by atoms with van der Waals surface area (Å²) in [6, 6.07) is 45.2. The largest absolute Gasteiger partial charge is 0.304 e. The summed E-state index contributed by atoms with van der Waals surface area (Å²) in [4.78, 5) is 13.3. The zero-order valence-corrected chi connectivity index (χ0v) is 24.2. The predicted octanol–water partition coefficient (Wildman–Crippen LogP) is 8.44. The van der Waals surface area contributed by atoms with E-state index in [2.05, 4.69) is 82.5 Å². The summed E-state index contributed by atoms with van der Waals surface area (Å²) >= 11 is 0. The Labute approximate surface area is 244 Å². The number of benzene rings is 4. The van der Waals surface area contributed by atoms with Gasteiger partial charge in [0, 0.05) is 38.2 Å². The van der Waals surface area contributed by atoms with E-state index in [1.54, 1.807) is 6.20 Å². The van der Waals surface area contributed by atoms with Crippen molar-refractivity contribution >= 4 is 0 Å². The zero-order valence-electron chi connectivity index (χ0n) is 21.8. The Morgan fingerprint density at radius 3 is 1.87 bits per heavy atom. The molecular formula is C35H27IrN3-2. The van der Waals surface area contributed by atoms with Gasteiger partial charge in [0.05, 0.1) is 5.82 Å². The van der Waals surface area contributed by atoms with Crippen LogP contribution in [0.25, 0.3) is 44.9 Å². The van der Waals surface area contributed by atoms with Crippen LogP contribution in [0.3, 0.4) is 0 Å². The summed E-state index contributed by atoms with van der Waals surface area (Å²) in [5.41, 5.74) is 9.77. The predicted molar refractivity (Wildman–Crippen MR) is 155 cm³/mol. The number of hydrogen-bond acceptors (Lipinski definition) is 3. The molecule has 6 rings (SSSR count). The van der Waals surface area contributed by atoms with Crippen molar-refractivity contribution in [2.24, 2.45) is 0 Å². The smallest absolute Gasteiger partial charge is 0.0751 e. The topological polar surface area (TPSA) is 38.7 Å². The van der Waals surface area contributed by atoms with Crippen molar-refractivity contribution in [2.75, 3.05) is 0 Å².